The van der Waals surface area contributed by atoms with Gasteiger partial charge in [0.1, 0.15) is 12.4 Å². The second-order valence-electron chi connectivity index (χ2n) is 5.00. The minimum absolute atomic E-state index is 0.00703. The molecule has 0 aliphatic carbocycles. The summed E-state index contributed by atoms with van der Waals surface area (Å²) in [6.07, 6.45) is 0.0165. The van der Waals surface area contributed by atoms with Crippen LogP contribution in [0.2, 0.25) is 0 Å². The van der Waals surface area contributed by atoms with Crippen molar-refractivity contribution in [2.45, 2.75) is 22.9 Å². The van der Waals surface area contributed by atoms with E-state index >= 15 is 0 Å². The molecular formula is C17H21O5PS. The molecule has 1 atom stereocenters. The standard InChI is InChI=1S/C17H21O5PS/c1-2-22-23(19,20)13-14-3-7-16(8-4-14)24-17-9-5-15(6-10-17)21-12-11-18/h3-10,18H,2,11-13H2,1H3,(H,19,20). The first-order valence-corrected chi connectivity index (χ1v) is 10.2. The van der Waals surface area contributed by atoms with Gasteiger partial charge in [0.25, 0.3) is 0 Å². The molecule has 2 N–H and O–H groups in total. The number of rotatable bonds is 9. The Labute approximate surface area is 146 Å². The Balaban J connectivity index is 1.95. The van der Waals surface area contributed by atoms with Gasteiger partial charge in [0.2, 0.25) is 0 Å². The Morgan fingerprint density at radius 2 is 1.62 bits per heavy atom. The maximum Gasteiger partial charge on any atom is 0.332 e. The van der Waals surface area contributed by atoms with Crippen molar-refractivity contribution < 1.29 is 23.8 Å². The molecule has 0 spiro atoms. The zero-order chi connectivity index (χ0) is 17.4. The van der Waals surface area contributed by atoms with Gasteiger partial charge in [-0.1, -0.05) is 23.9 Å². The van der Waals surface area contributed by atoms with Crippen molar-refractivity contribution in [1.82, 2.24) is 0 Å². The van der Waals surface area contributed by atoms with Crippen LogP contribution in [-0.2, 0) is 15.3 Å². The fraction of sp³-hybridized carbons (Fsp3) is 0.294. The highest BCUT2D eigenvalue weighted by Gasteiger charge is 2.18. The smallest absolute Gasteiger partial charge is 0.332 e. The lowest BCUT2D eigenvalue weighted by Crippen LogP contribution is -2.01. The van der Waals surface area contributed by atoms with Crippen LogP contribution in [0.4, 0.5) is 0 Å². The Kier molecular flexibility index (Phi) is 7.34. The maximum atomic E-state index is 11.8. The van der Waals surface area contributed by atoms with Crippen LogP contribution in [0.5, 0.6) is 5.75 Å². The normalized spacial score (nSPS) is 13.5. The quantitative estimate of drug-likeness (QED) is 0.653. The summed E-state index contributed by atoms with van der Waals surface area (Å²) in [6.45, 7) is 2.19. The van der Waals surface area contributed by atoms with E-state index in [1.165, 1.54) is 0 Å². The molecule has 0 bridgehead atoms. The largest absolute Gasteiger partial charge is 0.491 e. The lowest BCUT2D eigenvalue weighted by Gasteiger charge is -2.11. The van der Waals surface area contributed by atoms with Crippen LogP contribution in [0, 0.1) is 0 Å². The van der Waals surface area contributed by atoms with E-state index in [4.69, 9.17) is 14.4 Å². The summed E-state index contributed by atoms with van der Waals surface area (Å²) < 4.78 is 22.0. The van der Waals surface area contributed by atoms with Crippen LogP contribution in [0.15, 0.2) is 58.3 Å². The third kappa shape index (κ3) is 6.30. The van der Waals surface area contributed by atoms with Gasteiger partial charge >= 0.3 is 7.60 Å². The van der Waals surface area contributed by atoms with Gasteiger partial charge < -0.3 is 19.3 Å². The summed E-state index contributed by atoms with van der Waals surface area (Å²) in [6, 6.07) is 15.1. The fourth-order valence-electron chi connectivity index (χ4n) is 2.04. The minimum Gasteiger partial charge on any atom is -0.491 e. The second kappa shape index (κ2) is 9.25. The van der Waals surface area contributed by atoms with Crippen LogP contribution in [-0.4, -0.2) is 29.8 Å². The molecule has 0 heterocycles. The number of aliphatic hydroxyl groups is 1. The Morgan fingerprint density at radius 1 is 1.04 bits per heavy atom. The average molecular weight is 368 g/mol. The maximum absolute atomic E-state index is 11.8. The molecule has 130 valence electrons. The van der Waals surface area contributed by atoms with Crippen molar-refractivity contribution in [2.75, 3.05) is 19.8 Å². The summed E-state index contributed by atoms with van der Waals surface area (Å²) in [4.78, 5) is 11.8. The predicted molar refractivity (Wildman–Crippen MR) is 94.7 cm³/mol. The van der Waals surface area contributed by atoms with E-state index in [1.807, 2.05) is 48.5 Å². The molecule has 24 heavy (non-hydrogen) atoms. The Hall–Kier alpha value is -1.30. The number of hydrogen-bond donors (Lipinski definition) is 2. The summed E-state index contributed by atoms with van der Waals surface area (Å²) in [5.74, 6) is 0.721. The number of ether oxygens (including phenoxy) is 1. The first-order valence-electron chi connectivity index (χ1n) is 7.59. The van der Waals surface area contributed by atoms with Crippen molar-refractivity contribution in [3.63, 3.8) is 0 Å². The van der Waals surface area contributed by atoms with Crippen LogP contribution >= 0.6 is 19.4 Å². The highest BCUT2D eigenvalue weighted by atomic mass is 32.2. The second-order valence-corrected chi connectivity index (χ2v) is 8.00. The highest BCUT2D eigenvalue weighted by molar-refractivity contribution is 7.99. The van der Waals surface area contributed by atoms with E-state index in [9.17, 15) is 9.46 Å². The van der Waals surface area contributed by atoms with Crippen LogP contribution < -0.4 is 4.74 Å². The van der Waals surface area contributed by atoms with Gasteiger partial charge in [-0.15, -0.1) is 0 Å². The summed E-state index contributed by atoms with van der Waals surface area (Å²) in [5, 5.41) is 8.73. The molecule has 1 unspecified atom stereocenters. The molecule has 0 saturated heterocycles. The molecule has 0 aromatic heterocycles. The Bertz CT molecular complexity index is 672. The van der Waals surface area contributed by atoms with Crippen molar-refractivity contribution in [1.29, 1.82) is 0 Å². The lowest BCUT2D eigenvalue weighted by molar-refractivity contribution is 0.201. The molecule has 5 nitrogen and oxygen atoms in total. The SMILES string of the molecule is CCOP(=O)(O)Cc1ccc(Sc2ccc(OCCO)cc2)cc1. The predicted octanol–water partition coefficient (Wildman–Crippen LogP) is 3.93. The van der Waals surface area contributed by atoms with Gasteiger partial charge in [-0.25, -0.2) is 0 Å². The average Bonchev–Trinajstić information content (AvgIpc) is 2.56. The van der Waals surface area contributed by atoms with Gasteiger partial charge in [-0.05, 0) is 48.9 Å². The Morgan fingerprint density at radius 3 is 2.17 bits per heavy atom. The van der Waals surface area contributed by atoms with Crippen LogP contribution in [0.1, 0.15) is 12.5 Å². The molecule has 7 heteroatoms. The van der Waals surface area contributed by atoms with Gasteiger partial charge in [0, 0.05) is 9.79 Å². The van der Waals surface area contributed by atoms with E-state index in [1.54, 1.807) is 18.7 Å². The van der Waals surface area contributed by atoms with E-state index < -0.39 is 7.60 Å². The fourth-order valence-corrected chi connectivity index (χ4v) is 4.03. The van der Waals surface area contributed by atoms with Gasteiger partial charge in [0.15, 0.2) is 0 Å². The number of aliphatic hydroxyl groups excluding tert-OH is 1. The molecule has 0 radical (unpaired) electrons. The first kappa shape index (κ1) is 19.0. The van der Waals surface area contributed by atoms with Gasteiger partial charge in [0.05, 0.1) is 19.4 Å². The molecule has 0 aliphatic heterocycles. The van der Waals surface area contributed by atoms with E-state index in [2.05, 4.69) is 0 Å². The lowest BCUT2D eigenvalue weighted by atomic mass is 10.2. The highest BCUT2D eigenvalue weighted by Crippen LogP contribution is 2.45. The third-order valence-electron chi connectivity index (χ3n) is 3.06. The molecule has 0 saturated carbocycles. The van der Waals surface area contributed by atoms with Crippen molar-refractivity contribution in [2.24, 2.45) is 0 Å². The molecule has 2 aromatic carbocycles. The minimum atomic E-state index is -3.55. The zero-order valence-corrected chi connectivity index (χ0v) is 15.1. The van der Waals surface area contributed by atoms with Crippen molar-refractivity contribution >= 4 is 19.4 Å². The van der Waals surface area contributed by atoms with E-state index in [-0.39, 0.29) is 26.0 Å². The van der Waals surface area contributed by atoms with E-state index in [0.29, 0.717) is 0 Å². The van der Waals surface area contributed by atoms with Crippen molar-refractivity contribution in [3.05, 3.63) is 54.1 Å². The monoisotopic (exact) mass is 368 g/mol. The van der Waals surface area contributed by atoms with Crippen LogP contribution in [0.3, 0.4) is 0 Å². The summed E-state index contributed by atoms with van der Waals surface area (Å²) >= 11 is 1.59. The summed E-state index contributed by atoms with van der Waals surface area (Å²) in [7, 11) is -3.55. The third-order valence-corrected chi connectivity index (χ3v) is 5.50. The molecule has 2 rings (SSSR count). The molecular weight excluding hydrogens is 347 g/mol. The summed E-state index contributed by atoms with van der Waals surface area (Å²) in [5.41, 5.74) is 0.770. The first-order chi connectivity index (χ1) is 11.5. The molecule has 0 fully saturated rings. The zero-order valence-electron chi connectivity index (χ0n) is 13.4. The van der Waals surface area contributed by atoms with E-state index in [0.717, 1.165) is 21.1 Å². The molecule has 0 amide bonds. The number of hydrogen-bond acceptors (Lipinski definition) is 5. The van der Waals surface area contributed by atoms with Crippen LogP contribution in [0.25, 0.3) is 0 Å². The molecule has 0 aliphatic rings. The number of benzene rings is 2. The van der Waals surface area contributed by atoms with Crippen molar-refractivity contribution in [3.8, 4) is 5.75 Å². The topological polar surface area (TPSA) is 76.0 Å². The molecule has 2 aromatic rings. The van der Waals surface area contributed by atoms with Gasteiger partial charge in [-0.3, -0.25) is 4.57 Å². The van der Waals surface area contributed by atoms with Gasteiger partial charge in [-0.2, -0.15) is 0 Å².